The molecule has 0 radical (unpaired) electrons. The highest BCUT2D eigenvalue weighted by molar-refractivity contribution is 5.04. The van der Waals surface area contributed by atoms with Crippen molar-refractivity contribution in [1.82, 2.24) is 9.78 Å². The monoisotopic (exact) mass is 179 g/mol. The van der Waals surface area contributed by atoms with Gasteiger partial charge in [0.2, 0.25) is 0 Å². The Morgan fingerprint density at radius 3 is 2.77 bits per heavy atom. The van der Waals surface area contributed by atoms with E-state index in [4.69, 9.17) is 5.73 Å². The van der Waals surface area contributed by atoms with E-state index in [1.54, 1.807) is 0 Å². The zero-order valence-electron chi connectivity index (χ0n) is 8.11. The molecule has 0 bridgehead atoms. The van der Waals surface area contributed by atoms with Crippen molar-refractivity contribution in [2.75, 3.05) is 0 Å². The van der Waals surface area contributed by atoms with Crippen LogP contribution in [0, 0.1) is 0 Å². The molecule has 0 aliphatic heterocycles. The molecule has 0 aromatic carbocycles. The number of aromatic nitrogens is 2. The summed E-state index contributed by atoms with van der Waals surface area (Å²) in [5.41, 5.74) is 6.76. The van der Waals surface area contributed by atoms with Crippen LogP contribution < -0.4 is 5.73 Å². The first kappa shape index (κ1) is 8.75. The molecule has 1 unspecified atom stereocenters. The number of nitrogens with zero attached hydrogens (tertiary/aromatic N) is 2. The van der Waals surface area contributed by atoms with Gasteiger partial charge in [-0.05, 0) is 25.8 Å². The summed E-state index contributed by atoms with van der Waals surface area (Å²) in [5.74, 6) is 0. The van der Waals surface area contributed by atoms with Gasteiger partial charge in [-0.15, -0.1) is 0 Å². The number of hydrogen-bond acceptors (Lipinski definition) is 2. The minimum Gasteiger partial charge on any atom is -0.323 e. The SMILES string of the molecule is CC(N)c1ccn(C2CCCC2)n1. The van der Waals surface area contributed by atoms with Gasteiger partial charge in [-0.1, -0.05) is 12.8 Å². The second-order valence-electron chi connectivity index (χ2n) is 3.95. The number of nitrogens with two attached hydrogens (primary N) is 1. The predicted molar refractivity (Wildman–Crippen MR) is 52.3 cm³/mol. The normalized spacial score (nSPS) is 20.8. The van der Waals surface area contributed by atoms with Gasteiger partial charge >= 0.3 is 0 Å². The Morgan fingerprint density at radius 1 is 1.54 bits per heavy atom. The highest BCUT2D eigenvalue weighted by Crippen LogP contribution is 2.28. The molecule has 1 fully saturated rings. The highest BCUT2D eigenvalue weighted by Gasteiger charge is 2.17. The maximum atomic E-state index is 5.75. The second-order valence-corrected chi connectivity index (χ2v) is 3.95. The van der Waals surface area contributed by atoms with Crippen LogP contribution in [0.3, 0.4) is 0 Å². The topological polar surface area (TPSA) is 43.8 Å². The fraction of sp³-hybridized carbons (Fsp3) is 0.700. The van der Waals surface area contributed by atoms with Crippen molar-refractivity contribution in [3.63, 3.8) is 0 Å². The lowest BCUT2D eigenvalue weighted by atomic mass is 10.3. The zero-order valence-corrected chi connectivity index (χ0v) is 8.11. The fourth-order valence-corrected chi connectivity index (χ4v) is 1.97. The minimum atomic E-state index is 0.0580. The third kappa shape index (κ3) is 1.75. The molecular weight excluding hydrogens is 162 g/mol. The van der Waals surface area contributed by atoms with Gasteiger partial charge in [0.15, 0.2) is 0 Å². The van der Waals surface area contributed by atoms with Crippen LogP contribution in [0.4, 0.5) is 0 Å². The molecule has 72 valence electrons. The Hall–Kier alpha value is -0.830. The first-order chi connectivity index (χ1) is 6.27. The molecule has 3 nitrogen and oxygen atoms in total. The summed E-state index contributed by atoms with van der Waals surface area (Å²) < 4.78 is 2.09. The molecule has 2 rings (SSSR count). The van der Waals surface area contributed by atoms with Crippen molar-refractivity contribution in [1.29, 1.82) is 0 Å². The summed E-state index contributed by atoms with van der Waals surface area (Å²) in [6, 6.07) is 2.72. The van der Waals surface area contributed by atoms with Gasteiger partial charge in [-0.2, -0.15) is 5.10 Å². The van der Waals surface area contributed by atoms with Gasteiger partial charge < -0.3 is 5.73 Å². The molecule has 1 heterocycles. The zero-order chi connectivity index (χ0) is 9.26. The van der Waals surface area contributed by atoms with E-state index in [2.05, 4.69) is 16.0 Å². The molecule has 3 heteroatoms. The van der Waals surface area contributed by atoms with Crippen LogP contribution in [-0.4, -0.2) is 9.78 Å². The smallest absolute Gasteiger partial charge is 0.0789 e. The van der Waals surface area contributed by atoms with Crippen molar-refractivity contribution < 1.29 is 0 Å². The maximum Gasteiger partial charge on any atom is 0.0789 e. The first-order valence-corrected chi connectivity index (χ1v) is 5.08. The standard InChI is InChI=1S/C10H17N3/c1-8(11)10-6-7-13(12-10)9-4-2-3-5-9/h6-9H,2-5,11H2,1H3. The van der Waals surface area contributed by atoms with E-state index in [0.29, 0.717) is 6.04 Å². The molecule has 0 amide bonds. The lowest BCUT2D eigenvalue weighted by Gasteiger charge is -2.09. The third-order valence-electron chi connectivity index (χ3n) is 2.79. The number of hydrogen-bond donors (Lipinski definition) is 1. The van der Waals surface area contributed by atoms with E-state index in [9.17, 15) is 0 Å². The summed E-state index contributed by atoms with van der Waals surface area (Å²) in [7, 11) is 0. The van der Waals surface area contributed by atoms with E-state index in [0.717, 1.165) is 5.69 Å². The van der Waals surface area contributed by atoms with Gasteiger partial charge in [0, 0.05) is 12.2 Å². The molecule has 1 aromatic rings. The van der Waals surface area contributed by atoms with E-state index in [1.807, 2.05) is 13.0 Å². The van der Waals surface area contributed by atoms with Crippen LogP contribution in [-0.2, 0) is 0 Å². The Morgan fingerprint density at radius 2 is 2.23 bits per heavy atom. The largest absolute Gasteiger partial charge is 0.323 e. The predicted octanol–water partition coefficient (Wildman–Crippen LogP) is 2.02. The van der Waals surface area contributed by atoms with Gasteiger partial charge in [0.1, 0.15) is 0 Å². The first-order valence-electron chi connectivity index (χ1n) is 5.08. The van der Waals surface area contributed by atoms with Crippen molar-refractivity contribution >= 4 is 0 Å². The highest BCUT2D eigenvalue weighted by atomic mass is 15.3. The molecule has 13 heavy (non-hydrogen) atoms. The van der Waals surface area contributed by atoms with Crippen LogP contribution in [0.1, 0.15) is 50.4 Å². The molecule has 1 atom stereocenters. The van der Waals surface area contributed by atoms with Gasteiger partial charge in [-0.3, -0.25) is 4.68 Å². The summed E-state index contributed by atoms with van der Waals surface area (Å²) in [6.07, 6.45) is 7.31. The summed E-state index contributed by atoms with van der Waals surface area (Å²) in [6.45, 7) is 1.97. The Labute approximate surface area is 78.9 Å². The van der Waals surface area contributed by atoms with E-state index >= 15 is 0 Å². The van der Waals surface area contributed by atoms with Crippen molar-refractivity contribution in [3.8, 4) is 0 Å². The summed E-state index contributed by atoms with van der Waals surface area (Å²) in [4.78, 5) is 0. The lowest BCUT2D eigenvalue weighted by molar-refractivity contribution is 0.460. The number of rotatable bonds is 2. The molecule has 1 aliphatic rings. The molecule has 0 spiro atoms. The van der Waals surface area contributed by atoms with Crippen LogP contribution in [0.15, 0.2) is 12.3 Å². The minimum absolute atomic E-state index is 0.0580. The molecule has 2 N–H and O–H groups in total. The van der Waals surface area contributed by atoms with Crippen molar-refractivity contribution in [2.24, 2.45) is 5.73 Å². The average Bonchev–Trinajstić information content (AvgIpc) is 2.75. The fourth-order valence-electron chi connectivity index (χ4n) is 1.97. The van der Waals surface area contributed by atoms with Crippen LogP contribution >= 0.6 is 0 Å². The van der Waals surface area contributed by atoms with E-state index in [1.165, 1.54) is 25.7 Å². The van der Waals surface area contributed by atoms with Crippen LogP contribution in [0.5, 0.6) is 0 Å². The average molecular weight is 179 g/mol. The van der Waals surface area contributed by atoms with E-state index in [-0.39, 0.29) is 6.04 Å². The summed E-state index contributed by atoms with van der Waals surface area (Å²) in [5, 5.41) is 4.48. The summed E-state index contributed by atoms with van der Waals surface area (Å²) >= 11 is 0. The Kier molecular flexibility index (Phi) is 2.36. The molecule has 0 saturated heterocycles. The van der Waals surface area contributed by atoms with Crippen LogP contribution in [0.25, 0.3) is 0 Å². The maximum absolute atomic E-state index is 5.75. The third-order valence-corrected chi connectivity index (χ3v) is 2.79. The van der Waals surface area contributed by atoms with Gasteiger partial charge in [0.25, 0.3) is 0 Å². The lowest BCUT2D eigenvalue weighted by Crippen LogP contribution is -2.09. The Bertz CT molecular complexity index is 271. The molecular formula is C10H17N3. The van der Waals surface area contributed by atoms with Crippen molar-refractivity contribution in [2.45, 2.75) is 44.7 Å². The van der Waals surface area contributed by atoms with Crippen LogP contribution in [0.2, 0.25) is 0 Å². The van der Waals surface area contributed by atoms with Crippen molar-refractivity contribution in [3.05, 3.63) is 18.0 Å². The quantitative estimate of drug-likeness (QED) is 0.754. The van der Waals surface area contributed by atoms with Gasteiger partial charge in [-0.25, -0.2) is 0 Å². The van der Waals surface area contributed by atoms with E-state index < -0.39 is 0 Å². The molecule has 1 aromatic heterocycles. The molecule has 1 aliphatic carbocycles. The van der Waals surface area contributed by atoms with Gasteiger partial charge in [0.05, 0.1) is 11.7 Å². The second kappa shape index (κ2) is 3.50. The Balaban J connectivity index is 2.12. The molecule has 1 saturated carbocycles.